The van der Waals surface area contributed by atoms with E-state index in [-0.39, 0.29) is 17.5 Å². The van der Waals surface area contributed by atoms with Crippen LogP contribution in [0.5, 0.6) is 0 Å². The van der Waals surface area contributed by atoms with Crippen LogP contribution in [-0.4, -0.2) is 31.9 Å². The second-order valence-electron chi connectivity index (χ2n) is 7.77. The molecule has 0 bridgehead atoms. The van der Waals surface area contributed by atoms with Gasteiger partial charge in [0, 0.05) is 22.2 Å². The van der Waals surface area contributed by atoms with Gasteiger partial charge in [-0.2, -0.15) is 4.80 Å². The average Bonchev–Trinajstić information content (AvgIpc) is 3.17. The predicted molar refractivity (Wildman–Crippen MR) is 107 cm³/mol. The second kappa shape index (κ2) is 7.90. The molecule has 8 heteroatoms. The molecule has 3 rings (SSSR count). The van der Waals surface area contributed by atoms with Crippen LogP contribution in [0.15, 0.2) is 48.5 Å². The Hall–Kier alpha value is -3.42. The average molecular weight is 395 g/mol. The van der Waals surface area contributed by atoms with Crippen LogP contribution >= 0.6 is 0 Å². The number of hydrogen-bond donors (Lipinski definition) is 1. The number of hydrogen-bond acceptors (Lipinski definition) is 5. The number of benzene rings is 2. The van der Waals surface area contributed by atoms with Crippen molar-refractivity contribution in [3.63, 3.8) is 0 Å². The number of anilines is 1. The van der Waals surface area contributed by atoms with Crippen LogP contribution in [0, 0.1) is 11.2 Å². The molecule has 7 nitrogen and oxygen atoms in total. The highest BCUT2D eigenvalue weighted by molar-refractivity contribution is 5.99. The number of carbonyl (C=O) groups excluding carboxylic acids is 2. The minimum Gasteiger partial charge on any atom is -0.326 e. The van der Waals surface area contributed by atoms with Crippen molar-refractivity contribution in [3.8, 4) is 11.4 Å². The van der Waals surface area contributed by atoms with E-state index in [1.54, 1.807) is 43.3 Å². The molecule has 0 unspecified atom stereocenters. The van der Waals surface area contributed by atoms with Crippen molar-refractivity contribution >= 4 is 17.4 Å². The van der Waals surface area contributed by atoms with E-state index in [2.05, 4.69) is 20.7 Å². The van der Waals surface area contributed by atoms with Crippen molar-refractivity contribution < 1.29 is 14.0 Å². The number of tetrazole rings is 1. The van der Waals surface area contributed by atoms with E-state index in [0.29, 0.717) is 16.8 Å². The minimum absolute atomic E-state index is 0.110. The molecular weight excluding hydrogens is 373 g/mol. The molecule has 1 N–H and O–H groups in total. The number of ketones is 1. The second-order valence-corrected chi connectivity index (χ2v) is 7.77. The zero-order valence-corrected chi connectivity index (χ0v) is 16.7. The zero-order valence-electron chi connectivity index (χ0n) is 16.7. The molecule has 0 aliphatic heterocycles. The topological polar surface area (TPSA) is 89.8 Å². The first-order chi connectivity index (χ1) is 13.6. The van der Waals surface area contributed by atoms with Gasteiger partial charge in [-0.25, -0.2) is 4.39 Å². The number of aromatic nitrogens is 4. The molecule has 0 saturated heterocycles. The zero-order chi connectivity index (χ0) is 21.2. The Labute approximate surface area is 167 Å². The molecule has 150 valence electrons. The van der Waals surface area contributed by atoms with Gasteiger partial charge >= 0.3 is 0 Å². The summed E-state index contributed by atoms with van der Waals surface area (Å²) >= 11 is 0. The molecule has 0 aliphatic carbocycles. The van der Waals surface area contributed by atoms with Gasteiger partial charge in [0.15, 0.2) is 5.78 Å². The molecule has 3 aromatic rings. The molecule has 1 atom stereocenters. The number of carbonyl (C=O) groups is 2. The number of Topliss-reactive ketones (excluding diaryl/α,β-unsaturated/α-hetero) is 1. The van der Waals surface area contributed by atoms with Gasteiger partial charge in [-0.1, -0.05) is 32.9 Å². The van der Waals surface area contributed by atoms with E-state index in [1.165, 1.54) is 16.9 Å². The van der Waals surface area contributed by atoms with Gasteiger partial charge in [0.25, 0.3) is 0 Å². The standard InChI is InChI=1S/C21H22FN5O2/c1-13(27-25-19(24-26-27)15-6-5-7-16(22)12-15)18(28)14-8-10-17(11-9-14)23-20(29)21(2,3)4/h5-13H,1-4H3,(H,23,29)/t13-/m1/s1. The summed E-state index contributed by atoms with van der Waals surface area (Å²) in [5, 5.41) is 14.9. The van der Waals surface area contributed by atoms with Crippen LogP contribution < -0.4 is 5.32 Å². The van der Waals surface area contributed by atoms with E-state index in [1.807, 2.05) is 20.8 Å². The van der Waals surface area contributed by atoms with Crippen molar-refractivity contribution in [2.45, 2.75) is 33.7 Å². The third-order valence-electron chi connectivity index (χ3n) is 4.35. The lowest BCUT2D eigenvalue weighted by atomic mass is 9.95. The Bertz CT molecular complexity index is 1040. The Morgan fingerprint density at radius 2 is 1.79 bits per heavy atom. The van der Waals surface area contributed by atoms with E-state index >= 15 is 0 Å². The van der Waals surface area contributed by atoms with E-state index in [4.69, 9.17) is 0 Å². The maximum Gasteiger partial charge on any atom is 0.229 e. The van der Waals surface area contributed by atoms with Crippen molar-refractivity contribution in [2.75, 3.05) is 5.32 Å². The Balaban J connectivity index is 1.73. The maximum absolute atomic E-state index is 13.4. The van der Waals surface area contributed by atoms with Gasteiger partial charge < -0.3 is 5.32 Å². The Morgan fingerprint density at radius 3 is 2.41 bits per heavy atom. The van der Waals surface area contributed by atoms with Crippen LogP contribution in [0.3, 0.4) is 0 Å². The minimum atomic E-state index is -0.695. The summed E-state index contributed by atoms with van der Waals surface area (Å²) < 4.78 is 13.4. The van der Waals surface area contributed by atoms with Crippen molar-refractivity contribution in [2.24, 2.45) is 5.41 Å². The normalized spacial score (nSPS) is 12.4. The monoisotopic (exact) mass is 395 g/mol. The summed E-state index contributed by atoms with van der Waals surface area (Å²) in [6.45, 7) is 7.13. The van der Waals surface area contributed by atoms with Gasteiger partial charge in [-0.15, -0.1) is 10.2 Å². The number of halogens is 1. The molecular formula is C21H22FN5O2. The highest BCUT2D eigenvalue weighted by atomic mass is 19.1. The fourth-order valence-electron chi connectivity index (χ4n) is 2.51. The molecule has 0 fully saturated rings. The fraction of sp³-hybridized carbons (Fsp3) is 0.286. The molecule has 1 aromatic heterocycles. The number of nitrogens with one attached hydrogen (secondary N) is 1. The maximum atomic E-state index is 13.4. The number of rotatable bonds is 5. The Morgan fingerprint density at radius 1 is 1.10 bits per heavy atom. The lowest BCUT2D eigenvalue weighted by molar-refractivity contribution is -0.123. The van der Waals surface area contributed by atoms with Crippen molar-refractivity contribution in [1.29, 1.82) is 0 Å². The molecule has 0 saturated carbocycles. The third-order valence-corrected chi connectivity index (χ3v) is 4.35. The number of amides is 1. The van der Waals surface area contributed by atoms with Crippen LogP contribution in [0.1, 0.15) is 44.1 Å². The van der Waals surface area contributed by atoms with Gasteiger partial charge in [0.2, 0.25) is 11.7 Å². The fourth-order valence-corrected chi connectivity index (χ4v) is 2.51. The van der Waals surface area contributed by atoms with E-state index in [0.717, 1.165) is 0 Å². The summed E-state index contributed by atoms with van der Waals surface area (Å²) in [7, 11) is 0. The van der Waals surface area contributed by atoms with Crippen LogP contribution in [0.2, 0.25) is 0 Å². The first-order valence-corrected chi connectivity index (χ1v) is 9.16. The largest absolute Gasteiger partial charge is 0.326 e. The molecule has 1 heterocycles. The molecule has 2 aromatic carbocycles. The predicted octanol–water partition coefficient (Wildman–Crippen LogP) is 3.91. The lowest BCUT2D eigenvalue weighted by Gasteiger charge is -2.17. The summed E-state index contributed by atoms with van der Waals surface area (Å²) in [4.78, 5) is 26.0. The molecule has 0 radical (unpaired) electrons. The van der Waals surface area contributed by atoms with Gasteiger partial charge in [0.05, 0.1) is 0 Å². The van der Waals surface area contributed by atoms with Crippen molar-refractivity contribution in [3.05, 3.63) is 59.9 Å². The summed E-state index contributed by atoms with van der Waals surface area (Å²) in [6, 6.07) is 11.8. The summed E-state index contributed by atoms with van der Waals surface area (Å²) in [6.07, 6.45) is 0. The van der Waals surface area contributed by atoms with Gasteiger partial charge in [0.1, 0.15) is 11.9 Å². The molecule has 0 spiro atoms. The van der Waals surface area contributed by atoms with E-state index < -0.39 is 17.3 Å². The SMILES string of the molecule is C[C@H](C(=O)c1ccc(NC(=O)C(C)(C)C)cc1)n1nnc(-c2cccc(F)c2)n1. The van der Waals surface area contributed by atoms with Gasteiger partial charge in [-0.3, -0.25) is 9.59 Å². The van der Waals surface area contributed by atoms with E-state index in [9.17, 15) is 14.0 Å². The van der Waals surface area contributed by atoms with Crippen LogP contribution in [-0.2, 0) is 4.79 Å². The molecule has 1 amide bonds. The molecule has 29 heavy (non-hydrogen) atoms. The smallest absolute Gasteiger partial charge is 0.229 e. The quantitative estimate of drug-likeness (QED) is 0.662. The first-order valence-electron chi connectivity index (χ1n) is 9.16. The number of nitrogens with zero attached hydrogens (tertiary/aromatic N) is 4. The first kappa shape index (κ1) is 20.3. The highest BCUT2D eigenvalue weighted by Gasteiger charge is 2.22. The summed E-state index contributed by atoms with van der Waals surface area (Å²) in [5.74, 6) is -0.477. The van der Waals surface area contributed by atoms with Crippen LogP contribution in [0.4, 0.5) is 10.1 Å². The van der Waals surface area contributed by atoms with Gasteiger partial charge in [-0.05, 0) is 48.5 Å². The third kappa shape index (κ3) is 4.71. The highest BCUT2D eigenvalue weighted by Crippen LogP contribution is 2.20. The lowest BCUT2D eigenvalue weighted by Crippen LogP contribution is -2.27. The van der Waals surface area contributed by atoms with Crippen molar-refractivity contribution in [1.82, 2.24) is 20.2 Å². The van der Waals surface area contributed by atoms with Crippen LogP contribution in [0.25, 0.3) is 11.4 Å². The molecule has 0 aliphatic rings. The Kier molecular flexibility index (Phi) is 5.54. The summed E-state index contributed by atoms with van der Waals surface area (Å²) in [5.41, 5.74) is 1.04.